The van der Waals surface area contributed by atoms with Crippen molar-refractivity contribution in [1.82, 2.24) is 20.4 Å². The summed E-state index contributed by atoms with van der Waals surface area (Å²) in [5, 5.41) is 7.35. The Balaban J connectivity index is 1.54. The second-order valence-corrected chi connectivity index (χ2v) is 9.60. The number of aliphatic imine (C=N–C) groups is 1. The van der Waals surface area contributed by atoms with E-state index in [0.717, 1.165) is 45.1 Å². The zero-order valence-electron chi connectivity index (χ0n) is 19.2. The summed E-state index contributed by atoms with van der Waals surface area (Å²) >= 11 is 0. The molecule has 0 aromatic heterocycles. The van der Waals surface area contributed by atoms with Crippen LogP contribution in [0.25, 0.3) is 0 Å². The third-order valence-electron chi connectivity index (χ3n) is 7.37. The fourth-order valence-electron chi connectivity index (χ4n) is 5.43. The lowest BCUT2D eigenvalue weighted by molar-refractivity contribution is -0.0164. The van der Waals surface area contributed by atoms with E-state index in [1.165, 1.54) is 64.7 Å². The SMILES string of the molecule is CN=C(NCC(C(C)C)N1CCCCCC1)NCC1(N2CCCC2)CCOCC1. The first-order valence-corrected chi connectivity index (χ1v) is 12.2. The molecule has 3 fully saturated rings. The maximum atomic E-state index is 5.69. The van der Waals surface area contributed by atoms with Crippen LogP contribution in [0.1, 0.15) is 65.2 Å². The van der Waals surface area contributed by atoms with E-state index in [4.69, 9.17) is 4.74 Å². The zero-order chi connectivity index (χ0) is 20.5. The fraction of sp³-hybridized carbons (Fsp3) is 0.957. The second kappa shape index (κ2) is 11.5. The van der Waals surface area contributed by atoms with Gasteiger partial charge in [0.1, 0.15) is 0 Å². The Morgan fingerprint density at radius 1 is 0.931 bits per heavy atom. The molecule has 0 saturated carbocycles. The van der Waals surface area contributed by atoms with E-state index in [1.54, 1.807) is 0 Å². The highest BCUT2D eigenvalue weighted by molar-refractivity contribution is 5.79. The molecule has 1 unspecified atom stereocenters. The molecular weight excluding hydrogens is 362 g/mol. The van der Waals surface area contributed by atoms with E-state index in [-0.39, 0.29) is 5.54 Å². The maximum Gasteiger partial charge on any atom is 0.191 e. The highest BCUT2D eigenvalue weighted by Gasteiger charge is 2.39. The topological polar surface area (TPSA) is 52.1 Å². The summed E-state index contributed by atoms with van der Waals surface area (Å²) in [5.41, 5.74) is 0.231. The van der Waals surface area contributed by atoms with Crippen molar-refractivity contribution in [2.45, 2.75) is 76.8 Å². The summed E-state index contributed by atoms with van der Waals surface area (Å²) in [6.45, 7) is 13.4. The van der Waals surface area contributed by atoms with Crippen molar-refractivity contribution in [2.24, 2.45) is 10.9 Å². The van der Waals surface area contributed by atoms with Crippen LogP contribution in [0.4, 0.5) is 0 Å². The highest BCUT2D eigenvalue weighted by Crippen LogP contribution is 2.30. The largest absolute Gasteiger partial charge is 0.381 e. The Bertz CT molecular complexity index is 489. The van der Waals surface area contributed by atoms with Gasteiger partial charge in [-0.3, -0.25) is 14.8 Å². The number of hydrogen-bond acceptors (Lipinski definition) is 4. The molecule has 0 amide bonds. The predicted octanol–water partition coefficient (Wildman–Crippen LogP) is 2.70. The van der Waals surface area contributed by atoms with Crippen LogP contribution < -0.4 is 10.6 Å². The highest BCUT2D eigenvalue weighted by atomic mass is 16.5. The second-order valence-electron chi connectivity index (χ2n) is 9.60. The Hall–Kier alpha value is -0.850. The Morgan fingerprint density at radius 3 is 2.14 bits per heavy atom. The number of nitrogens with zero attached hydrogens (tertiary/aromatic N) is 3. The summed E-state index contributed by atoms with van der Waals surface area (Å²) in [6, 6.07) is 0.572. The minimum Gasteiger partial charge on any atom is -0.381 e. The number of nitrogens with one attached hydrogen (secondary N) is 2. The number of ether oxygens (including phenoxy) is 1. The van der Waals surface area contributed by atoms with Gasteiger partial charge in [-0.15, -0.1) is 0 Å². The van der Waals surface area contributed by atoms with Crippen LogP contribution in [0.2, 0.25) is 0 Å². The van der Waals surface area contributed by atoms with Gasteiger partial charge in [0.15, 0.2) is 5.96 Å². The molecule has 6 heteroatoms. The van der Waals surface area contributed by atoms with Gasteiger partial charge in [-0.1, -0.05) is 26.7 Å². The molecule has 168 valence electrons. The summed E-state index contributed by atoms with van der Waals surface area (Å²) in [6.07, 6.45) is 10.4. The maximum absolute atomic E-state index is 5.69. The Kier molecular flexibility index (Phi) is 9.07. The first-order valence-electron chi connectivity index (χ1n) is 12.2. The van der Waals surface area contributed by atoms with Gasteiger partial charge >= 0.3 is 0 Å². The molecule has 0 radical (unpaired) electrons. The van der Waals surface area contributed by atoms with Crippen LogP contribution in [0.3, 0.4) is 0 Å². The van der Waals surface area contributed by atoms with Gasteiger partial charge in [0.05, 0.1) is 0 Å². The number of likely N-dealkylation sites (tertiary alicyclic amines) is 2. The molecular formula is C23H45N5O. The summed E-state index contributed by atoms with van der Waals surface area (Å²) in [4.78, 5) is 9.97. The number of hydrogen-bond donors (Lipinski definition) is 2. The molecule has 3 heterocycles. The van der Waals surface area contributed by atoms with Crippen molar-refractivity contribution < 1.29 is 4.74 Å². The predicted molar refractivity (Wildman–Crippen MR) is 122 cm³/mol. The number of guanidine groups is 1. The van der Waals surface area contributed by atoms with Gasteiger partial charge in [0, 0.05) is 44.9 Å². The third-order valence-corrected chi connectivity index (χ3v) is 7.37. The van der Waals surface area contributed by atoms with E-state index in [1.807, 2.05) is 7.05 Å². The zero-order valence-corrected chi connectivity index (χ0v) is 19.2. The molecule has 3 aliphatic heterocycles. The van der Waals surface area contributed by atoms with Crippen molar-refractivity contribution in [2.75, 3.05) is 59.5 Å². The smallest absolute Gasteiger partial charge is 0.191 e. The van der Waals surface area contributed by atoms with Crippen LogP contribution >= 0.6 is 0 Å². The van der Waals surface area contributed by atoms with Gasteiger partial charge in [-0.2, -0.15) is 0 Å². The Morgan fingerprint density at radius 2 is 1.55 bits per heavy atom. The molecule has 0 bridgehead atoms. The monoisotopic (exact) mass is 407 g/mol. The molecule has 3 saturated heterocycles. The fourth-order valence-corrected chi connectivity index (χ4v) is 5.43. The molecule has 3 rings (SSSR count). The van der Waals surface area contributed by atoms with Gasteiger partial charge in [0.2, 0.25) is 0 Å². The molecule has 1 atom stereocenters. The lowest BCUT2D eigenvalue weighted by atomic mass is 9.88. The van der Waals surface area contributed by atoms with Gasteiger partial charge in [0.25, 0.3) is 0 Å². The minimum atomic E-state index is 0.231. The number of rotatable bonds is 7. The quantitative estimate of drug-likeness (QED) is 0.502. The van der Waals surface area contributed by atoms with Gasteiger partial charge in [-0.05, 0) is 70.6 Å². The minimum absolute atomic E-state index is 0.231. The van der Waals surface area contributed by atoms with E-state index >= 15 is 0 Å². The Labute approximate surface area is 178 Å². The third kappa shape index (κ3) is 6.31. The average molecular weight is 408 g/mol. The van der Waals surface area contributed by atoms with Crippen LogP contribution in [-0.4, -0.2) is 86.9 Å². The normalized spacial score (nSPS) is 25.7. The first-order chi connectivity index (χ1) is 14.1. The van der Waals surface area contributed by atoms with Gasteiger partial charge < -0.3 is 15.4 Å². The van der Waals surface area contributed by atoms with Crippen LogP contribution in [-0.2, 0) is 4.74 Å². The molecule has 0 aliphatic carbocycles. The molecule has 0 aromatic carbocycles. The summed E-state index contributed by atoms with van der Waals surface area (Å²) in [5.74, 6) is 1.60. The standard InChI is InChI=1S/C23H45N5O/c1-20(2)21(27-12-6-4-5-7-13-27)18-25-22(24-3)26-19-23(10-16-29-17-11-23)28-14-8-9-15-28/h20-21H,4-19H2,1-3H3,(H2,24,25,26). The van der Waals surface area contributed by atoms with E-state index < -0.39 is 0 Å². The lowest BCUT2D eigenvalue weighted by Gasteiger charge is -2.45. The summed E-state index contributed by atoms with van der Waals surface area (Å²) < 4.78 is 5.69. The van der Waals surface area contributed by atoms with Crippen LogP contribution in [0.5, 0.6) is 0 Å². The van der Waals surface area contributed by atoms with Crippen LogP contribution in [0.15, 0.2) is 4.99 Å². The first kappa shape index (κ1) is 22.8. The van der Waals surface area contributed by atoms with Gasteiger partial charge in [-0.25, -0.2) is 0 Å². The molecule has 3 aliphatic rings. The molecule has 29 heavy (non-hydrogen) atoms. The van der Waals surface area contributed by atoms with E-state index in [9.17, 15) is 0 Å². The van der Waals surface area contributed by atoms with Crippen molar-refractivity contribution in [3.8, 4) is 0 Å². The average Bonchev–Trinajstić information content (AvgIpc) is 3.16. The van der Waals surface area contributed by atoms with E-state index in [2.05, 4.69) is 39.3 Å². The summed E-state index contributed by atoms with van der Waals surface area (Å²) in [7, 11) is 1.90. The molecule has 6 nitrogen and oxygen atoms in total. The van der Waals surface area contributed by atoms with E-state index in [0.29, 0.717) is 12.0 Å². The lowest BCUT2D eigenvalue weighted by Crippen LogP contribution is -2.59. The van der Waals surface area contributed by atoms with Crippen molar-refractivity contribution >= 4 is 5.96 Å². The molecule has 2 N–H and O–H groups in total. The van der Waals surface area contributed by atoms with Crippen LogP contribution in [0, 0.1) is 5.92 Å². The molecule has 0 spiro atoms. The van der Waals surface area contributed by atoms with Crippen molar-refractivity contribution in [3.05, 3.63) is 0 Å². The van der Waals surface area contributed by atoms with Crippen molar-refractivity contribution in [3.63, 3.8) is 0 Å². The van der Waals surface area contributed by atoms with Crippen molar-refractivity contribution in [1.29, 1.82) is 0 Å². The molecule has 0 aromatic rings.